The lowest BCUT2D eigenvalue weighted by atomic mass is 10.0. The van der Waals surface area contributed by atoms with E-state index in [0.29, 0.717) is 23.5 Å². The van der Waals surface area contributed by atoms with Crippen LogP contribution in [0.5, 0.6) is 0 Å². The maximum Gasteiger partial charge on any atom is 0.280 e. The standard InChI is InChI=1S/C24H23F4N7O2S/c1-3-34-10(2)13(8-30-34)12-6-15(21(25)26)31-24-18(12)19(20(38-24)23(29)37)32-17(36)9-35-16(22(27)28)7-14(33-35)11-4-5-11/h6-8,11,21-22H,3-5,9H2,1-2H3,(H2,29,37)(H,32,36). The zero-order valence-corrected chi connectivity index (χ0v) is 21.2. The minimum Gasteiger partial charge on any atom is -0.365 e. The number of pyridine rings is 1. The molecule has 1 aliphatic carbocycles. The molecule has 4 aromatic heterocycles. The Kier molecular flexibility index (Phi) is 6.67. The highest BCUT2D eigenvalue weighted by atomic mass is 32.1. The number of anilines is 1. The molecule has 4 heterocycles. The Balaban J connectivity index is 1.61. The number of aromatic nitrogens is 5. The van der Waals surface area contributed by atoms with Gasteiger partial charge in [-0.25, -0.2) is 22.5 Å². The Morgan fingerprint density at radius 2 is 1.89 bits per heavy atom. The Morgan fingerprint density at radius 1 is 1.16 bits per heavy atom. The van der Waals surface area contributed by atoms with Gasteiger partial charge in [0.15, 0.2) is 0 Å². The summed E-state index contributed by atoms with van der Waals surface area (Å²) >= 11 is 0.760. The number of aryl methyl sites for hydroxylation is 1. The highest BCUT2D eigenvalue weighted by Crippen LogP contribution is 2.43. The number of thiophene rings is 1. The third kappa shape index (κ3) is 4.64. The Hall–Kier alpha value is -3.81. The van der Waals surface area contributed by atoms with E-state index in [0.717, 1.165) is 28.9 Å². The van der Waals surface area contributed by atoms with Gasteiger partial charge in [-0.15, -0.1) is 11.3 Å². The molecule has 4 aromatic rings. The number of nitrogens with one attached hydrogen (secondary N) is 1. The number of alkyl halides is 4. The quantitative estimate of drug-likeness (QED) is 0.279. The number of carbonyl (C=O) groups excluding carboxylic acids is 2. The van der Waals surface area contributed by atoms with Crippen LogP contribution >= 0.6 is 11.3 Å². The van der Waals surface area contributed by atoms with Gasteiger partial charge in [-0.05, 0) is 44.4 Å². The highest BCUT2D eigenvalue weighted by molar-refractivity contribution is 7.21. The van der Waals surface area contributed by atoms with Crippen molar-refractivity contribution in [2.24, 2.45) is 5.73 Å². The van der Waals surface area contributed by atoms with Crippen molar-refractivity contribution in [2.75, 3.05) is 5.32 Å². The van der Waals surface area contributed by atoms with Crippen LogP contribution in [0.3, 0.4) is 0 Å². The number of carbonyl (C=O) groups is 2. The summed E-state index contributed by atoms with van der Waals surface area (Å²) < 4.78 is 57.3. The molecule has 5 rings (SSSR count). The van der Waals surface area contributed by atoms with Gasteiger partial charge in [0.2, 0.25) is 5.91 Å². The summed E-state index contributed by atoms with van der Waals surface area (Å²) in [5, 5.41) is 11.3. The minimum absolute atomic E-state index is 0.0253. The van der Waals surface area contributed by atoms with Crippen LogP contribution in [0.2, 0.25) is 0 Å². The average molecular weight is 550 g/mol. The van der Waals surface area contributed by atoms with Crippen LogP contribution in [0.1, 0.15) is 71.0 Å². The maximum absolute atomic E-state index is 13.7. The van der Waals surface area contributed by atoms with Gasteiger partial charge in [-0.2, -0.15) is 10.2 Å². The summed E-state index contributed by atoms with van der Waals surface area (Å²) in [4.78, 5) is 29.4. The van der Waals surface area contributed by atoms with E-state index >= 15 is 0 Å². The fraction of sp³-hybridized carbons (Fsp3) is 0.375. The summed E-state index contributed by atoms with van der Waals surface area (Å²) in [5.41, 5.74) is 6.60. The molecule has 14 heteroatoms. The summed E-state index contributed by atoms with van der Waals surface area (Å²) in [5.74, 6) is -1.55. The molecule has 38 heavy (non-hydrogen) atoms. The summed E-state index contributed by atoms with van der Waals surface area (Å²) in [6.45, 7) is 3.61. The Bertz CT molecular complexity index is 1550. The lowest BCUT2D eigenvalue weighted by Crippen LogP contribution is -2.22. The molecule has 0 saturated heterocycles. The Morgan fingerprint density at radius 3 is 2.47 bits per heavy atom. The number of nitrogens with two attached hydrogens (primary N) is 1. The molecule has 9 nitrogen and oxygen atoms in total. The van der Waals surface area contributed by atoms with Crippen LogP contribution in [-0.2, 0) is 17.9 Å². The van der Waals surface area contributed by atoms with E-state index in [1.807, 2.05) is 6.92 Å². The van der Waals surface area contributed by atoms with Crippen LogP contribution in [0, 0.1) is 6.92 Å². The van der Waals surface area contributed by atoms with Crippen LogP contribution in [0.4, 0.5) is 23.2 Å². The van der Waals surface area contributed by atoms with Gasteiger partial charge in [-0.3, -0.25) is 19.0 Å². The van der Waals surface area contributed by atoms with Crippen molar-refractivity contribution in [3.63, 3.8) is 0 Å². The topological polar surface area (TPSA) is 121 Å². The number of primary amides is 1. The molecule has 2 amide bonds. The smallest absolute Gasteiger partial charge is 0.280 e. The van der Waals surface area contributed by atoms with Gasteiger partial charge in [0.1, 0.15) is 27.6 Å². The first kappa shape index (κ1) is 25.8. The SMILES string of the molecule is CCn1ncc(-c2cc(C(F)F)nc3sc(C(N)=O)c(NC(=O)Cn4nc(C5CC5)cc4C(F)F)c23)c1C. The van der Waals surface area contributed by atoms with Crippen molar-refractivity contribution in [1.82, 2.24) is 24.5 Å². The van der Waals surface area contributed by atoms with Crippen LogP contribution in [0.25, 0.3) is 21.3 Å². The first-order chi connectivity index (χ1) is 18.1. The number of nitrogens with zero attached hydrogens (tertiary/aromatic N) is 5. The molecule has 1 aliphatic rings. The molecule has 200 valence electrons. The van der Waals surface area contributed by atoms with E-state index in [4.69, 9.17) is 5.73 Å². The number of fused-ring (bicyclic) bond motifs is 1. The first-order valence-electron chi connectivity index (χ1n) is 11.8. The Labute approximate surface area is 217 Å². The van der Waals surface area contributed by atoms with E-state index in [2.05, 4.69) is 20.5 Å². The number of rotatable bonds is 9. The zero-order valence-electron chi connectivity index (χ0n) is 20.3. The lowest BCUT2D eigenvalue weighted by Gasteiger charge is -2.12. The number of halogens is 4. The molecule has 3 N–H and O–H groups in total. The largest absolute Gasteiger partial charge is 0.365 e. The molecule has 1 fully saturated rings. The van der Waals surface area contributed by atoms with Gasteiger partial charge in [0.05, 0.1) is 17.6 Å². The molecule has 1 saturated carbocycles. The fourth-order valence-corrected chi connectivity index (χ4v) is 5.43. The summed E-state index contributed by atoms with van der Waals surface area (Å²) in [7, 11) is 0. The molecule has 0 bridgehead atoms. The van der Waals surface area contributed by atoms with Gasteiger partial charge < -0.3 is 11.1 Å². The number of hydrogen-bond donors (Lipinski definition) is 2. The molecule has 0 radical (unpaired) electrons. The van der Waals surface area contributed by atoms with Gasteiger partial charge >= 0.3 is 0 Å². The molecule has 0 spiro atoms. The molecule has 0 unspecified atom stereocenters. The maximum atomic E-state index is 13.7. The normalized spacial score (nSPS) is 13.7. The number of amides is 2. The second-order valence-corrected chi connectivity index (χ2v) is 9.98. The van der Waals surface area contributed by atoms with Gasteiger partial charge in [-0.1, -0.05) is 0 Å². The van der Waals surface area contributed by atoms with Crippen molar-refractivity contribution in [3.05, 3.63) is 46.0 Å². The molecule has 0 aromatic carbocycles. The van der Waals surface area contributed by atoms with E-state index in [1.54, 1.807) is 11.6 Å². The second-order valence-electron chi connectivity index (χ2n) is 8.98. The van der Waals surface area contributed by atoms with E-state index in [-0.39, 0.29) is 38.0 Å². The average Bonchev–Trinajstić information content (AvgIpc) is 3.36. The van der Waals surface area contributed by atoms with Crippen molar-refractivity contribution in [3.8, 4) is 11.1 Å². The summed E-state index contributed by atoms with van der Waals surface area (Å²) in [6.07, 6.45) is -2.54. The molecule has 0 atom stereocenters. The second kappa shape index (κ2) is 9.82. The molecular formula is C24H23F4N7O2S. The first-order valence-corrected chi connectivity index (χ1v) is 12.6. The van der Waals surface area contributed by atoms with E-state index < -0.39 is 36.9 Å². The predicted molar refractivity (Wildman–Crippen MR) is 133 cm³/mol. The minimum atomic E-state index is -2.90. The van der Waals surface area contributed by atoms with Crippen molar-refractivity contribution >= 4 is 39.1 Å². The van der Waals surface area contributed by atoms with Crippen molar-refractivity contribution in [1.29, 1.82) is 0 Å². The van der Waals surface area contributed by atoms with Crippen LogP contribution in [0.15, 0.2) is 18.3 Å². The van der Waals surface area contributed by atoms with Crippen molar-refractivity contribution in [2.45, 2.75) is 58.5 Å². The van der Waals surface area contributed by atoms with Gasteiger partial charge in [0.25, 0.3) is 18.8 Å². The molecule has 0 aliphatic heterocycles. The van der Waals surface area contributed by atoms with Crippen molar-refractivity contribution < 1.29 is 27.2 Å². The molecular weight excluding hydrogens is 526 g/mol. The van der Waals surface area contributed by atoms with E-state index in [1.165, 1.54) is 18.3 Å². The fourth-order valence-electron chi connectivity index (χ4n) is 4.41. The number of hydrogen-bond acceptors (Lipinski definition) is 6. The highest BCUT2D eigenvalue weighted by Gasteiger charge is 2.30. The third-order valence-corrected chi connectivity index (χ3v) is 7.53. The lowest BCUT2D eigenvalue weighted by molar-refractivity contribution is -0.117. The van der Waals surface area contributed by atoms with E-state index in [9.17, 15) is 27.2 Å². The third-order valence-electron chi connectivity index (χ3n) is 6.43. The summed E-state index contributed by atoms with van der Waals surface area (Å²) in [6, 6.07) is 2.49. The monoisotopic (exact) mass is 549 g/mol. The zero-order chi connectivity index (χ0) is 27.3. The van der Waals surface area contributed by atoms with Gasteiger partial charge in [0, 0.05) is 29.1 Å². The van der Waals surface area contributed by atoms with Crippen LogP contribution < -0.4 is 11.1 Å². The predicted octanol–water partition coefficient (Wildman–Crippen LogP) is 5.17. The van der Waals surface area contributed by atoms with Crippen LogP contribution in [-0.4, -0.2) is 36.4 Å².